The van der Waals surface area contributed by atoms with Gasteiger partial charge in [0.05, 0.1) is 11.0 Å². The third-order valence-corrected chi connectivity index (χ3v) is 3.63. The van der Waals surface area contributed by atoms with Crippen LogP contribution in [0.4, 0.5) is 11.4 Å². The summed E-state index contributed by atoms with van der Waals surface area (Å²) in [5, 5.41) is 23.5. The van der Waals surface area contributed by atoms with Crippen LogP contribution in [0.15, 0.2) is 18.2 Å². The van der Waals surface area contributed by atoms with Crippen LogP contribution in [0.1, 0.15) is 32.6 Å². The number of phenols is 1. The summed E-state index contributed by atoms with van der Waals surface area (Å²) in [4.78, 5) is 10.5. The Morgan fingerprint density at radius 3 is 2.78 bits per heavy atom. The number of nitro groups is 1. The Morgan fingerprint density at radius 1 is 1.39 bits per heavy atom. The smallest absolute Gasteiger partial charge is 0.296 e. The van der Waals surface area contributed by atoms with Crippen molar-refractivity contribution in [1.29, 1.82) is 0 Å². The molecule has 1 aliphatic carbocycles. The van der Waals surface area contributed by atoms with Gasteiger partial charge in [-0.25, -0.2) is 0 Å². The minimum Gasteiger partial charge on any atom is -0.508 e. The van der Waals surface area contributed by atoms with Gasteiger partial charge >= 0.3 is 0 Å². The van der Waals surface area contributed by atoms with Crippen LogP contribution in [0.5, 0.6) is 5.75 Å². The Kier molecular flexibility index (Phi) is 3.69. The first-order valence-corrected chi connectivity index (χ1v) is 6.32. The van der Waals surface area contributed by atoms with Crippen LogP contribution in [0, 0.1) is 16.0 Å². The van der Waals surface area contributed by atoms with E-state index < -0.39 is 4.92 Å². The summed E-state index contributed by atoms with van der Waals surface area (Å²) in [6.45, 7) is 2.17. The van der Waals surface area contributed by atoms with Crippen molar-refractivity contribution in [1.82, 2.24) is 0 Å². The van der Waals surface area contributed by atoms with Crippen molar-refractivity contribution in [2.24, 2.45) is 5.92 Å². The van der Waals surface area contributed by atoms with Gasteiger partial charge in [-0.05, 0) is 30.9 Å². The van der Waals surface area contributed by atoms with E-state index in [1.54, 1.807) is 6.07 Å². The Morgan fingerprint density at radius 2 is 2.11 bits per heavy atom. The molecule has 1 aromatic carbocycles. The number of hydrogen-bond acceptors (Lipinski definition) is 4. The monoisotopic (exact) mass is 250 g/mol. The van der Waals surface area contributed by atoms with E-state index in [9.17, 15) is 15.2 Å². The molecule has 0 radical (unpaired) electrons. The number of aromatic hydroxyl groups is 1. The third-order valence-electron chi connectivity index (χ3n) is 3.63. The molecule has 1 fully saturated rings. The van der Waals surface area contributed by atoms with Gasteiger partial charge in [-0.15, -0.1) is 0 Å². The van der Waals surface area contributed by atoms with Gasteiger partial charge in [0.25, 0.3) is 5.69 Å². The summed E-state index contributed by atoms with van der Waals surface area (Å²) in [5.41, 5.74) is 0.435. The van der Waals surface area contributed by atoms with E-state index in [0.29, 0.717) is 11.6 Å². The largest absolute Gasteiger partial charge is 0.508 e. The molecule has 0 bridgehead atoms. The van der Waals surface area contributed by atoms with Gasteiger partial charge in [0.2, 0.25) is 0 Å². The van der Waals surface area contributed by atoms with Crippen molar-refractivity contribution >= 4 is 11.4 Å². The van der Waals surface area contributed by atoms with Gasteiger partial charge in [0.1, 0.15) is 11.4 Å². The van der Waals surface area contributed by atoms with Gasteiger partial charge < -0.3 is 10.4 Å². The molecule has 0 heterocycles. The van der Waals surface area contributed by atoms with E-state index in [-0.39, 0.29) is 17.5 Å². The topological polar surface area (TPSA) is 75.4 Å². The first-order chi connectivity index (χ1) is 8.58. The minimum absolute atomic E-state index is 0.0622. The molecule has 0 saturated heterocycles. The molecule has 5 heteroatoms. The van der Waals surface area contributed by atoms with Crippen molar-refractivity contribution in [2.75, 3.05) is 5.32 Å². The zero-order chi connectivity index (χ0) is 13.1. The normalized spacial score (nSPS) is 23.6. The molecule has 0 amide bonds. The minimum atomic E-state index is -0.463. The average molecular weight is 250 g/mol. The quantitative estimate of drug-likeness (QED) is 0.490. The molecule has 5 nitrogen and oxygen atoms in total. The summed E-state index contributed by atoms with van der Waals surface area (Å²) >= 11 is 0. The van der Waals surface area contributed by atoms with Crippen LogP contribution in [0.3, 0.4) is 0 Å². The van der Waals surface area contributed by atoms with E-state index in [1.807, 2.05) is 0 Å². The number of hydrogen-bond donors (Lipinski definition) is 2. The highest BCUT2D eigenvalue weighted by molar-refractivity contribution is 5.64. The molecular weight excluding hydrogens is 232 g/mol. The highest BCUT2D eigenvalue weighted by atomic mass is 16.6. The first-order valence-electron chi connectivity index (χ1n) is 6.32. The lowest BCUT2D eigenvalue weighted by atomic mass is 9.86. The number of benzene rings is 1. The molecule has 1 aromatic rings. The summed E-state index contributed by atoms with van der Waals surface area (Å²) in [7, 11) is 0. The Hall–Kier alpha value is -1.78. The number of nitrogens with one attached hydrogen (secondary N) is 1. The van der Waals surface area contributed by atoms with Crippen LogP contribution < -0.4 is 5.32 Å². The fourth-order valence-electron chi connectivity index (χ4n) is 2.52. The van der Waals surface area contributed by atoms with Gasteiger partial charge in [-0.1, -0.05) is 19.8 Å². The molecule has 2 rings (SSSR count). The molecular formula is C13H18N2O3. The van der Waals surface area contributed by atoms with E-state index in [4.69, 9.17) is 0 Å². The fraction of sp³-hybridized carbons (Fsp3) is 0.538. The molecule has 0 spiro atoms. The van der Waals surface area contributed by atoms with E-state index in [1.165, 1.54) is 18.6 Å². The number of nitro benzene ring substituents is 1. The van der Waals surface area contributed by atoms with Gasteiger partial charge in [0, 0.05) is 6.04 Å². The van der Waals surface area contributed by atoms with Crippen molar-refractivity contribution in [2.45, 2.75) is 38.6 Å². The molecule has 0 aliphatic heterocycles. The van der Waals surface area contributed by atoms with Crippen molar-refractivity contribution in [3.05, 3.63) is 28.3 Å². The van der Waals surface area contributed by atoms with Crippen molar-refractivity contribution in [3.8, 4) is 5.75 Å². The summed E-state index contributed by atoms with van der Waals surface area (Å²) in [6, 6.07) is 4.52. The van der Waals surface area contributed by atoms with Crippen LogP contribution >= 0.6 is 0 Å². The zero-order valence-corrected chi connectivity index (χ0v) is 10.4. The highest BCUT2D eigenvalue weighted by Gasteiger charge is 2.24. The predicted molar refractivity (Wildman–Crippen MR) is 69.8 cm³/mol. The SMILES string of the molecule is CC1CCCCC1Nc1ccc(O)cc1[N+](=O)[O-]. The lowest BCUT2D eigenvalue weighted by Gasteiger charge is -2.30. The maximum absolute atomic E-state index is 11.0. The number of anilines is 1. The third kappa shape index (κ3) is 2.72. The number of nitrogens with zero attached hydrogens (tertiary/aromatic N) is 1. The molecule has 0 aromatic heterocycles. The molecule has 98 valence electrons. The lowest BCUT2D eigenvalue weighted by molar-refractivity contribution is -0.384. The standard InChI is InChI=1S/C13H18N2O3/c1-9-4-2-3-5-11(9)14-12-7-6-10(16)8-13(12)15(17)18/h6-9,11,14,16H,2-5H2,1H3. The van der Waals surface area contributed by atoms with Crippen molar-refractivity contribution < 1.29 is 10.0 Å². The van der Waals surface area contributed by atoms with Gasteiger partial charge in [-0.3, -0.25) is 10.1 Å². The van der Waals surface area contributed by atoms with Crippen LogP contribution in [0.25, 0.3) is 0 Å². The second-order valence-electron chi connectivity index (χ2n) is 4.97. The molecule has 2 atom stereocenters. The molecule has 2 unspecified atom stereocenters. The lowest BCUT2D eigenvalue weighted by Crippen LogP contribution is -2.30. The van der Waals surface area contributed by atoms with Crippen LogP contribution in [-0.4, -0.2) is 16.1 Å². The summed E-state index contributed by atoms with van der Waals surface area (Å²) in [6.07, 6.45) is 4.59. The predicted octanol–water partition coefficient (Wildman–Crippen LogP) is 3.29. The van der Waals surface area contributed by atoms with E-state index >= 15 is 0 Å². The Labute approximate surface area is 106 Å². The Balaban J connectivity index is 2.20. The number of rotatable bonds is 3. The van der Waals surface area contributed by atoms with Crippen LogP contribution in [0.2, 0.25) is 0 Å². The molecule has 2 N–H and O–H groups in total. The van der Waals surface area contributed by atoms with Gasteiger partial charge in [0.15, 0.2) is 0 Å². The molecule has 1 saturated carbocycles. The fourth-order valence-corrected chi connectivity index (χ4v) is 2.52. The maximum atomic E-state index is 11.0. The maximum Gasteiger partial charge on any atom is 0.296 e. The van der Waals surface area contributed by atoms with E-state index in [0.717, 1.165) is 19.3 Å². The van der Waals surface area contributed by atoms with E-state index in [2.05, 4.69) is 12.2 Å². The summed E-state index contributed by atoms with van der Waals surface area (Å²) in [5.74, 6) is 0.441. The second kappa shape index (κ2) is 5.25. The van der Waals surface area contributed by atoms with Gasteiger partial charge in [-0.2, -0.15) is 0 Å². The second-order valence-corrected chi connectivity index (χ2v) is 4.97. The highest BCUT2D eigenvalue weighted by Crippen LogP contribution is 2.32. The summed E-state index contributed by atoms with van der Waals surface area (Å²) < 4.78 is 0. The number of phenolic OH excluding ortho intramolecular Hbond substituents is 1. The average Bonchev–Trinajstić information content (AvgIpc) is 2.34. The van der Waals surface area contributed by atoms with Crippen LogP contribution in [-0.2, 0) is 0 Å². The molecule has 1 aliphatic rings. The molecule has 18 heavy (non-hydrogen) atoms. The zero-order valence-electron chi connectivity index (χ0n) is 10.4. The first kappa shape index (κ1) is 12.7. The van der Waals surface area contributed by atoms with Crippen molar-refractivity contribution in [3.63, 3.8) is 0 Å². The Bertz CT molecular complexity index is 448.